The van der Waals surface area contributed by atoms with Crippen LogP contribution in [0, 0.1) is 19.8 Å². The lowest BCUT2D eigenvalue weighted by Gasteiger charge is -2.17. The summed E-state index contributed by atoms with van der Waals surface area (Å²) >= 11 is 0. The van der Waals surface area contributed by atoms with E-state index in [1.807, 2.05) is 26.0 Å². The third-order valence-corrected chi connectivity index (χ3v) is 6.05. The standard InChI is InChI=1S/C28H37N3O4/c1-5-7-8-21(6-2)15-34-16-22(32)17-35-23-10-12-25(26(33)14-23)28-30-18-29-27(31-28)24-11-9-19(3)13-20(24)4/h9-14,18,21-22,32-33H,5-8,15-17H2,1-4H3. The number of aryl methyl sites for hydroxylation is 2. The third-order valence-electron chi connectivity index (χ3n) is 6.05. The maximum atomic E-state index is 10.6. The van der Waals surface area contributed by atoms with Gasteiger partial charge < -0.3 is 19.7 Å². The number of unbranched alkanes of at least 4 members (excludes halogenated alkanes) is 1. The molecule has 188 valence electrons. The number of phenolic OH excluding ortho intramolecular Hbond substituents is 1. The zero-order valence-electron chi connectivity index (χ0n) is 21.2. The SMILES string of the molecule is CCCCC(CC)COCC(O)COc1ccc(-c2ncnc(-c3ccc(C)cc3C)n2)c(O)c1. The number of benzene rings is 2. The minimum Gasteiger partial charge on any atom is -0.507 e. The number of aliphatic hydroxyl groups excluding tert-OH is 1. The first-order chi connectivity index (χ1) is 16.9. The highest BCUT2D eigenvalue weighted by Gasteiger charge is 2.14. The molecule has 0 aliphatic heterocycles. The van der Waals surface area contributed by atoms with E-state index in [2.05, 4.69) is 34.9 Å². The molecule has 7 heteroatoms. The van der Waals surface area contributed by atoms with Crippen molar-refractivity contribution in [3.63, 3.8) is 0 Å². The molecule has 2 aromatic carbocycles. The number of hydrogen-bond donors (Lipinski definition) is 2. The summed E-state index contributed by atoms with van der Waals surface area (Å²) in [7, 11) is 0. The third kappa shape index (κ3) is 7.73. The van der Waals surface area contributed by atoms with Crippen LogP contribution in [-0.4, -0.2) is 51.1 Å². The fourth-order valence-corrected chi connectivity index (χ4v) is 3.92. The molecule has 0 aliphatic rings. The van der Waals surface area contributed by atoms with Crippen LogP contribution in [0.1, 0.15) is 50.7 Å². The van der Waals surface area contributed by atoms with Gasteiger partial charge in [0.05, 0.1) is 12.2 Å². The summed E-state index contributed by atoms with van der Waals surface area (Å²) in [4.78, 5) is 13.1. The Morgan fingerprint density at radius 1 is 0.914 bits per heavy atom. The Hall–Kier alpha value is -3.03. The molecule has 0 amide bonds. The van der Waals surface area contributed by atoms with Crippen LogP contribution in [0.5, 0.6) is 11.5 Å². The molecule has 3 aromatic rings. The van der Waals surface area contributed by atoms with Gasteiger partial charge in [-0.15, -0.1) is 0 Å². The number of phenols is 1. The molecule has 35 heavy (non-hydrogen) atoms. The Morgan fingerprint density at radius 2 is 1.66 bits per heavy atom. The summed E-state index contributed by atoms with van der Waals surface area (Å²) in [6.45, 7) is 9.36. The second kappa shape index (κ2) is 13.2. The van der Waals surface area contributed by atoms with Crippen LogP contribution >= 0.6 is 0 Å². The van der Waals surface area contributed by atoms with Crippen LogP contribution in [0.25, 0.3) is 22.8 Å². The van der Waals surface area contributed by atoms with E-state index in [-0.39, 0.29) is 19.0 Å². The first kappa shape index (κ1) is 26.6. The average Bonchev–Trinajstić information content (AvgIpc) is 2.85. The molecule has 2 N–H and O–H groups in total. The Balaban J connectivity index is 1.58. The molecule has 3 rings (SSSR count). The van der Waals surface area contributed by atoms with Crippen molar-refractivity contribution < 1.29 is 19.7 Å². The molecule has 0 radical (unpaired) electrons. The zero-order chi connectivity index (χ0) is 25.2. The van der Waals surface area contributed by atoms with Gasteiger partial charge in [0.25, 0.3) is 0 Å². The first-order valence-electron chi connectivity index (χ1n) is 12.4. The maximum Gasteiger partial charge on any atom is 0.167 e. The molecular weight excluding hydrogens is 442 g/mol. The van der Waals surface area contributed by atoms with Gasteiger partial charge in [0.15, 0.2) is 11.6 Å². The Bertz CT molecular complexity index is 1090. The van der Waals surface area contributed by atoms with Crippen molar-refractivity contribution in [2.24, 2.45) is 5.92 Å². The van der Waals surface area contributed by atoms with Gasteiger partial charge in [0, 0.05) is 18.2 Å². The topological polar surface area (TPSA) is 97.6 Å². The summed E-state index contributed by atoms with van der Waals surface area (Å²) in [6.07, 6.45) is 5.31. The molecule has 0 saturated heterocycles. The van der Waals surface area contributed by atoms with Gasteiger partial charge >= 0.3 is 0 Å². The van der Waals surface area contributed by atoms with Gasteiger partial charge in [-0.25, -0.2) is 15.0 Å². The van der Waals surface area contributed by atoms with Gasteiger partial charge in [-0.2, -0.15) is 0 Å². The van der Waals surface area contributed by atoms with Gasteiger partial charge in [0.1, 0.15) is 30.5 Å². The van der Waals surface area contributed by atoms with E-state index < -0.39 is 6.10 Å². The van der Waals surface area contributed by atoms with E-state index in [1.54, 1.807) is 12.1 Å². The quantitative estimate of drug-likeness (QED) is 0.334. The molecule has 2 unspecified atom stereocenters. The van der Waals surface area contributed by atoms with E-state index in [9.17, 15) is 10.2 Å². The molecule has 1 heterocycles. The maximum absolute atomic E-state index is 10.6. The monoisotopic (exact) mass is 479 g/mol. The molecule has 0 spiro atoms. The van der Waals surface area contributed by atoms with E-state index in [0.29, 0.717) is 35.5 Å². The highest BCUT2D eigenvalue weighted by atomic mass is 16.5. The first-order valence-corrected chi connectivity index (χ1v) is 12.4. The largest absolute Gasteiger partial charge is 0.507 e. The summed E-state index contributed by atoms with van der Waals surface area (Å²) in [5.74, 6) is 1.89. The Morgan fingerprint density at radius 3 is 2.34 bits per heavy atom. The highest BCUT2D eigenvalue weighted by molar-refractivity contribution is 5.68. The number of aliphatic hydroxyl groups is 1. The van der Waals surface area contributed by atoms with Crippen molar-refractivity contribution in [3.05, 3.63) is 53.9 Å². The second-order valence-corrected chi connectivity index (χ2v) is 9.05. The fraction of sp³-hybridized carbons (Fsp3) is 0.464. The van der Waals surface area contributed by atoms with Gasteiger partial charge in [-0.1, -0.05) is 56.9 Å². The Labute approximate surface area is 208 Å². The predicted octanol–water partition coefficient (Wildman–Crippen LogP) is 5.50. The summed E-state index contributed by atoms with van der Waals surface area (Å²) in [6, 6.07) is 11.0. The lowest BCUT2D eigenvalue weighted by atomic mass is 10.0. The second-order valence-electron chi connectivity index (χ2n) is 9.05. The van der Waals surface area contributed by atoms with Gasteiger partial charge in [-0.3, -0.25) is 0 Å². The minimum atomic E-state index is -0.746. The molecule has 0 saturated carbocycles. The molecule has 7 nitrogen and oxygen atoms in total. The molecular formula is C28H37N3O4. The molecule has 1 aromatic heterocycles. The van der Waals surface area contributed by atoms with Crippen LogP contribution in [0.2, 0.25) is 0 Å². The van der Waals surface area contributed by atoms with Gasteiger partial charge in [-0.05, 0) is 43.9 Å². The van der Waals surface area contributed by atoms with E-state index >= 15 is 0 Å². The number of aromatic hydroxyl groups is 1. The van der Waals surface area contributed by atoms with Crippen LogP contribution in [-0.2, 0) is 4.74 Å². The van der Waals surface area contributed by atoms with E-state index in [4.69, 9.17) is 9.47 Å². The number of rotatable bonds is 13. The lowest BCUT2D eigenvalue weighted by Crippen LogP contribution is -2.25. The normalized spacial score (nSPS) is 12.9. The summed E-state index contributed by atoms with van der Waals surface area (Å²) in [5.41, 5.74) is 3.64. The number of nitrogens with zero attached hydrogens (tertiary/aromatic N) is 3. The van der Waals surface area contributed by atoms with Crippen molar-refractivity contribution >= 4 is 0 Å². The van der Waals surface area contributed by atoms with E-state index in [1.165, 1.54) is 30.8 Å². The summed E-state index contributed by atoms with van der Waals surface area (Å²) in [5, 5.41) is 20.8. The lowest BCUT2D eigenvalue weighted by molar-refractivity contribution is -0.00111. The minimum absolute atomic E-state index is 0.00673. The fourth-order valence-electron chi connectivity index (χ4n) is 3.92. The predicted molar refractivity (Wildman–Crippen MR) is 137 cm³/mol. The van der Waals surface area contributed by atoms with Crippen molar-refractivity contribution in [3.8, 4) is 34.3 Å². The molecule has 2 atom stereocenters. The van der Waals surface area contributed by atoms with Crippen molar-refractivity contribution in [1.82, 2.24) is 15.0 Å². The van der Waals surface area contributed by atoms with Crippen molar-refractivity contribution in [2.75, 3.05) is 19.8 Å². The molecule has 0 aliphatic carbocycles. The average molecular weight is 480 g/mol. The van der Waals surface area contributed by atoms with Crippen LogP contribution in [0.4, 0.5) is 0 Å². The highest BCUT2D eigenvalue weighted by Crippen LogP contribution is 2.31. The zero-order valence-corrected chi connectivity index (χ0v) is 21.2. The number of ether oxygens (including phenoxy) is 2. The van der Waals surface area contributed by atoms with E-state index in [0.717, 1.165) is 24.0 Å². The van der Waals surface area contributed by atoms with Crippen LogP contribution in [0.3, 0.4) is 0 Å². The van der Waals surface area contributed by atoms with Crippen LogP contribution in [0.15, 0.2) is 42.7 Å². The van der Waals surface area contributed by atoms with Crippen molar-refractivity contribution in [1.29, 1.82) is 0 Å². The number of aromatic nitrogens is 3. The van der Waals surface area contributed by atoms with Gasteiger partial charge in [0.2, 0.25) is 0 Å². The summed E-state index contributed by atoms with van der Waals surface area (Å²) < 4.78 is 11.4. The Kier molecular flexibility index (Phi) is 9.99. The van der Waals surface area contributed by atoms with Crippen LogP contribution < -0.4 is 4.74 Å². The van der Waals surface area contributed by atoms with Crippen molar-refractivity contribution in [2.45, 2.75) is 59.5 Å². The smallest absolute Gasteiger partial charge is 0.167 e. The molecule has 0 bridgehead atoms. The molecule has 0 fully saturated rings. The number of hydrogen-bond acceptors (Lipinski definition) is 7.